The van der Waals surface area contributed by atoms with Crippen LogP contribution in [0.3, 0.4) is 0 Å². The molecular weight excluding hydrogens is 324 g/mol. The van der Waals surface area contributed by atoms with Crippen LogP contribution in [0.2, 0.25) is 0 Å². The Bertz CT molecular complexity index is 1020. The zero-order valence-electron chi connectivity index (χ0n) is 14.5. The fourth-order valence-electron chi connectivity index (χ4n) is 3.69. The highest BCUT2D eigenvalue weighted by Gasteiger charge is 2.16. The van der Waals surface area contributed by atoms with E-state index >= 15 is 0 Å². The molecule has 0 unspecified atom stereocenters. The van der Waals surface area contributed by atoms with Gasteiger partial charge in [0.25, 0.3) is 0 Å². The average Bonchev–Trinajstić information content (AvgIpc) is 2.69. The Kier molecular flexibility index (Phi) is 4.48. The number of carbonyl (C=O) groups excluding carboxylic acids is 1. The predicted molar refractivity (Wildman–Crippen MR) is 101 cm³/mol. The van der Waals surface area contributed by atoms with Gasteiger partial charge in [0.15, 0.2) is 5.78 Å². The van der Waals surface area contributed by atoms with E-state index in [-0.39, 0.29) is 5.69 Å². The lowest BCUT2D eigenvalue weighted by atomic mass is 9.90. The number of Topliss-reactive ketones (excluding diaryl/α,β-unsaturated/α-hetero) is 1. The summed E-state index contributed by atoms with van der Waals surface area (Å²) in [5.74, 6) is 0.312. The number of fused-ring (bicyclic) bond motifs is 4. The van der Waals surface area contributed by atoms with E-state index in [9.17, 15) is 9.59 Å². The molecule has 0 amide bonds. The predicted octanol–water partition coefficient (Wildman–Crippen LogP) is 3.74. The van der Waals surface area contributed by atoms with Crippen LogP contribution in [0.25, 0.3) is 11.3 Å². The van der Waals surface area contributed by atoms with Crippen LogP contribution in [0, 0.1) is 0 Å². The molecule has 2 aromatic carbocycles. The molecule has 130 valence electrons. The maximum absolute atomic E-state index is 11.3. The summed E-state index contributed by atoms with van der Waals surface area (Å²) in [6.07, 6.45) is 6.49. The van der Waals surface area contributed by atoms with E-state index in [1.54, 1.807) is 6.20 Å². The van der Waals surface area contributed by atoms with E-state index < -0.39 is 0 Å². The van der Waals surface area contributed by atoms with Crippen molar-refractivity contribution in [1.29, 1.82) is 0 Å². The first-order chi connectivity index (χ1) is 12.7. The molecule has 0 spiro atoms. The van der Waals surface area contributed by atoms with E-state index in [1.165, 1.54) is 11.1 Å². The molecule has 2 aliphatic carbocycles. The lowest BCUT2D eigenvalue weighted by molar-refractivity contribution is 0.0972. The zero-order valence-corrected chi connectivity index (χ0v) is 14.5. The van der Waals surface area contributed by atoms with Crippen molar-refractivity contribution in [3.05, 3.63) is 87.5 Å². The molecule has 0 atom stereocenters. The number of hydrogen-bond donors (Lipinski definition) is 1. The fraction of sp³-hybridized carbons (Fsp3) is 0.227. The van der Waals surface area contributed by atoms with Gasteiger partial charge in [0.1, 0.15) is 0 Å². The molecule has 26 heavy (non-hydrogen) atoms. The zero-order chi connectivity index (χ0) is 17.9. The van der Waals surface area contributed by atoms with Crippen LogP contribution in [0.15, 0.2) is 59.5 Å². The maximum atomic E-state index is 11.3. The third-order valence-corrected chi connectivity index (χ3v) is 5.01. The Morgan fingerprint density at radius 3 is 2.15 bits per heavy atom. The lowest BCUT2D eigenvalue weighted by Gasteiger charge is -2.17. The molecule has 0 aliphatic heterocycles. The Morgan fingerprint density at radius 1 is 0.731 bits per heavy atom. The third-order valence-electron chi connectivity index (χ3n) is 5.01. The van der Waals surface area contributed by atoms with Crippen LogP contribution in [-0.4, -0.2) is 15.8 Å². The molecular formula is C22H20N2O2. The number of hydrogen-bond acceptors (Lipinski definition) is 3. The van der Waals surface area contributed by atoms with Crippen molar-refractivity contribution in [2.45, 2.75) is 32.1 Å². The van der Waals surface area contributed by atoms with Gasteiger partial charge in [-0.1, -0.05) is 48.5 Å². The Labute approximate surface area is 151 Å². The largest absolute Gasteiger partial charge is 0.345 e. The summed E-state index contributed by atoms with van der Waals surface area (Å²) in [5, 5.41) is 0. The molecule has 0 bridgehead atoms. The number of nitrogens with one attached hydrogen (secondary N) is 1. The average molecular weight is 344 g/mol. The topological polar surface area (TPSA) is 62.8 Å². The lowest BCUT2D eigenvalue weighted by Crippen LogP contribution is -2.16. The molecule has 0 fully saturated rings. The van der Waals surface area contributed by atoms with Crippen molar-refractivity contribution < 1.29 is 4.79 Å². The monoisotopic (exact) mass is 344 g/mol. The number of nitrogens with zero attached hydrogens (tertiary/aromatic N) is 1. The van der Waals surface area contributed by atoms with E-state index in [4.69, 9.17) is 0 Å². The summed E-state index contributed by atoms with van der Waals surface area (Å²) in [7, 11) is 0. The van der Waals surface area contributed by atoms with Crippen molar-refractivity contribution in [3.8, 4) is 11.3 Å². The van der Waals surface area contributed by atoms with Gasteiger partial charge < -0.3 is 4.98 Å². The summed E-state index contributed by atoms with van der Waals surface area (Å²) >= 11 is 0. The van der Waals surface area contributed by atoms with Crippen LogP contribution in [-0.2, 0) is 19.3 Å². The van der Waals surface area contributed by atoms with E-state index in [1.807, 2.05) is 42.5 Å². The van der Waals surface area contributed by atoms with Crippen molar-refractivity contribution >= 4 is 5.78 Å². The van der Waals surface area contributed by atoms with Crippen molar-refractivity contribution in [2.24, 2.45) is 0 Å². The van der Waals surface area contributed by atoms with Gasteiger partial charge in [-0.05, 0) is 42.4 Å². The molecule has 1 N–H and O–H groups in total. The fourth-order valence-corrected chi connectivity index (χ4v) is 3.69. The van der Waals surface area contributed by atoms with Crippen LogP contribution in [0.4, 0.5) is 0 Å². The SMILES string of the molecule is O=C1CCCc2ccccc21.O=c1ncc2c([nH]1)-c1ccccc1CC2. The number of ketones is 1. The van der Waals surface area contributed by atoms with Crippen LogP contribution >= 0.6 is 0 Å². The number of carbonyl (C=O) groups is 1. The number of aryl methyl sites for hydroxylation is 3. The van der Waals surface area contributed by atoms with Gasteiger partial charge in [-0.25, -0.2) is 9.78 Å². The second-order valence-electron chi connectivity index (χ2n) is 6.68. The van der Waals surface area contributed by atoms with Gasteiger partial charge in [0, 0.05) is 23.7 Å². The number of benzene rings is 2. The molecule has 4 nitrogen and oxygen atoms in total. The number of rotatable bonds is 0. The first kappa shape index (κ1) is 16.5. The van der Waals surface area contributed by atoms with E-state index in [0.29, 0.717) is 5.78 Å². The number of H-pyrrole nitrogens is 1. The molecule has 0 radical (unpaired) electrons. The quantitative estimate of drug-likeness (QED) is 0.676. The first-order valence-electron chi connectivity index (χ1n) is 9.00. The highest BCUT2D eigenvalue weighted by atomic mass is 16.1. The minimum atomic E-state index is -0.273. The second kappa shape index (κ2) is 7.08. The van der Waals surface area contributed by atoms with Gasteiger partial charge >= 0.3 is 5.69 Å². The van der Waals surface area contributed by atoms with Crippen molar-refractivity contribution in [3.63, 3.8) is 0 Å². The minimum absolute atomic E-state index is 0.273. The van der Waals surface area contributed by atoms with E-state index in [2.05, 4.69) is 16.0 Å². The minimum Gasteiger partial charge on any atom is -0.305 e. The molecule has 2 aliphatic rings. The van der Waals surface area contributed by atoms with Gasteiger partial charge in [-0.15, -0.1) is 0 Å². The Hall–Kier alpha value is -3.01. The Balaban J connectivity index is 0.000000136. The van der Waals surface area contributed by atoms with Crippen LogP contribution < -0.4 is 5.69 Å². The summed E-state index contributed by atoms with van der Waals surface area (Å²) < 4.78 is 0. The summed E-state index contributed by atoms with van der Waals surface area (Å²) in [4.78, 5) is 29.0. The van der Waals surface area contributed by atoms with Gasteiger partial charge in [-0.3, -0.25) is 4.79 Å². The summed E-state index contributed by atoms with van der Waals surface area (Å²) in [6, 6.07) is 16.1. The summed E-state index contributed by atoms with van der Waals surface area (Å²) in [5.41, 5.74) is 6.41. The molecule has 1 heterocycles. The number of aromatic nitrogens is 2. The maximum Gasteiger partial charge on any atom is 0.345 e. The molecule has 0 saturated heterocycles. The smallest absolute Gasteiger partial charge is 0.305 e. The van der Waals surface area contributed by atoms with E-state index in [0.717, 1.165) is 54.5 Å². The van der Waals surface area contributed by atoms with Gasteiger partial charge in [0.05, 0.1) is 5.69 Å². The summed E-state index contributed by atoms with van der Waals surface area (Å²) in [6.45, 7) is 0. The van der Waals surface area contributed by atoms with Crippen LogP contribution in [0.5, 0.6) is 0 Å². The highest BCUT2D eigenvalue weighted by molar-refractivity contribution is 5.98. The Morgan fingerprint density at radius 2 is 1.38 bits per heavy atom. The van der Waals surface area contributed by atoms with Crippen LogP contribution in [0.1, 0.15) is 39.9 Å². The molecule has 5 rings (SSSR count). The molecule has 1 aromatic heterocycles. The third kappa shape index (κ3) is 3.23. The molecule has 4 heteroatoms. The second-order valence-corrected chi connectivity index (χ2v) is 6.68. The van der Waals surface area contributed by atoms with Gasteiger partial charge in [0.2, 0.25) is 0 Å². The highest BCUT2D eigenvalue weighted by Crippen LogP contribution is 2.30. The standard InChI is InChI=1S/C12H10N2O.C10H10O/c15-12-13-7-9-6-5-8-3-1-2-4-10(8)11(9)14-12;11-10-7-3-5-8-4-1-2-6-9(8)10/h1-4,7H,5-6H2,(H,13,14,15);1-2,4,6H,3,5,7H2. The first-order valence-corrected chi connectivity index (χ1v) is 9.00. The molecule has 0 saturated carbocycles. The van der Waals surface area contributed by atoms with Crippen molar-refractivity contribution in [1.82, 2.24) is 9.97 Å². The normalized spacial score (nSPS) is 14.4. The molecule has 3 aromatic rings. The van der Waals surface area contributed by atoms with Gasteiger partial charge in [-0.2, -0.15) is 0 Å². The number of aromatic amines is 1. The van der Waals surface area contributed by atoms with Crippen molar-refractivity contribution in [2.75, 3.05) is 0 Å².